The summed E-state index contributed by atoms with van der Waals surface area (Å²) in [4.78, 5) is 0. The molecule has 56 valence electrons. The molecular formula is C9H15N. The van der Waals surface area contributed by atoms with E-state index in [1.165, 1.54) is 13.1 Å². The van der Waals surface area contributed by atoms with E-state index in [9.17, 15) is 0 Å². The van der Waals surface area contributed by atoms with Crippen molar-refractivity contribution in [3.8, 4) is 0 Å². The first-order valence-corrected chi connectivity index (χ1v) is 4.66. The molecular weight excluding hydrogens is 122 g/mol. The van der Waals surface area contributed by atoms with E-state index in [2.05, 4.69) is 5.32 Å². The lowest BCUT2D eigenvalue weighted by Crippen LogP contribution is -2.19. The molecule has 0 unspecified atom stereocenters. The van der Waals surface area contributed by atoms with E-state index in [1.54, 1.807) is 19.3 Å². The molecule has 3 rings (SSSR count). The normalized spacial score (nSPS) is 57.6. The summed E-state index contributed by atoms with van der Waals surface area (Å²) in [6.45, 7) is 2.68. The van der Waals surface area contributed by atoms with Gasteiger partial charge in [-0.2, -0.15) is 0 Å². The zero-order valence-corrected chi connectivity index (χ0v) is 6.34. The zero-order valence-electron chi connectivity index (χ0n) is 6.34. The zero-order chi connectivity index (χ0) is 6.55. The van der Waals surface area contributed by atoms with Crippen molar-refractivity contribution in [2.45, 2.75) is 19.3 Å². The molecule has 0 aromatic carbocycles. The fourth-order valence-corrected chi connectivity index (χ4v) is 3.58. The van der Waals surface area contributed by atoms with E-state index in [4.69, 9.17) is 0 Å². The Morgan fingerprint density at radius 2 is 1.50 bits per heavy atom. The molecule has 1 N–H and O–H groups in total. The molecule has 1 heterocycles. The van der Waals surface area contributed by atoms with Gasteiger partial charge < -0.3 is 5.32 Å². The lowest BCUT2D eigenvalue weighted by Gasteiger charge is -2.22. The lowest BCUT2D eigenvalue weighted by atomic mass is 9.82. The van der Waals surface area contributed by atoms with E-state index in [0.717, 1.165) is 23.7 Å². The molecule has 2 saturated carbocycles. The molecule has 2 bridgehead atoms. The van der Waals surface area contributed by atoms with Crippen molar-refractivity contribution in [2.75, 3.05) is 13.1 Å². The molecule has 0 aromatic heterocycles. The van der Waals surface area contributed by atoms with Crippen molar-refractivity contribution < 1.29 is 0 Å². The SMILES string of the molecule is C1C[C@H]2C[C@H]1[C@H]1CNC[C@H]21. The second kappa shape index (κ2) is 1.76. The number of hydrogen-bond acceptors (Lipinski definition) is 1. The van der Waals surface area contributed by atoms with Gasteiger partial charge in [0.1, 0.15) is 0 Å². The molecule has 1 aliphatic heterocycles. The number of hydrogen-bond donors (Lipinski definition) is 1. The van der Waals surface area contributed by atoms with Crippen LogP contribution in [-0.2, 0) is 0 Å². The predicted molar refractivity (Wildman–Crippen MR) is 40.7 cm³/mol. The van der Waals surface area contributed by atoms with Crippen molar-refractivity contribution in [3.05, 3.63) is 0 Å². The molecule has 2 aliphatic carbocycles. The van der Waals surface area contributed by atoms with Gasteiger partial charge in [-0.3, -0.25) is 0 Å². The first-order valence-electron chi connectivity index (χ1n) is 4.66. The first kappa shape index (κ1) is 5.59. The van der Waals surface area contributed by atoms with Crippen LogP contribution in [-0.4, -0.2) is 13.1 Å². The fourth-order valence-electron chi connectivity index (χ4n) is 3.58. The Hall–Kier alpha value is -0.0400. The Kier molecular flexibility index (Phi) is 0.984. The molecule has 0 spiro atoms. The average Bonchev–Trinajstić information content (AvgIpc) is 2.60. The minimum absolute atomic E-state index is 1.10. The van der Waals surface area contributed by atoms with E-state index < -0.39 is 0 Å². The molecule has 0 amide bonds. The minimum atomic E-state index is 1.10. The maximum atomic E-state index is 3.53. The highest BCUT2D eigenvalue weighted by Gasteiger charge is 2.48. The van der Waals surface area contributed by atoms with Gasteiger partial charge in [-0.15, -0.1) is 0 Å². The van der Waals surface area contributed by atoms with E-state index in [1.807, 2.05) is 0 Å². The van der Waals surface area contributed by atoms with Crippen LogP contribution in [0.3, 0.4) is 0 Å². The van der Waals surface area contributed by atoms with Crippen molar-refractivity contribution in [1.29, 1.82) is 0 Å². The molecule has 3 aliphatic rings. The van der Waals surface area contributed by atoms with Crippen LogP contribution in [0.15, 0.2) is 0 Å². The summed E-state index contributed by atoms with van der Waals surface area (Å²) in [6.07, 6.45) is 4.68. The van der Waals surface area contributed by atoms with Crippen molar-refractivity contribution in [3.63, 3.8) is 0 Å². The Morgan fingerprint density at radius 1 is 0.900 bits per heavy atom. The van der Waals surface area contributed by atoms with E-state index >= 15 is 0 Å². The third-order valence-corrected chi connectivity index (χ3v) is 4.03. The maximum Gasteiger partial charge on any atom is -0.00145 e. The van der Waals surface area contributed by atoms with Crippen LogP contribution in [0.5, 0.6) is 0 Å². The number of fused-ring (bicyclic) bond motifs is 5. The number of nitrogens with one attached hydrogen (secondary N) is 1. The van der Waals surface area contributed by atoms with Crippen LogP contribution in [0.25, 0.3) is 0 Å². The Bertz CT molecular complexity index is 139. The van der Waals surface area contributed by atoms with Gasteiger partial charge in [0.15, 0.2) is 0 Å². The highest BCUT2D eigenvalue weighted by Crippen LogP contribution is 2.53. The molecule has 0 radical (unpaired) electrons. The smallest absolute Gasteiger partial charge is 0.00145 e. The molecule has 1 heteroatoms. The van der Waals surface area contributed by atoms with Crippen molar-refractivity contribution >= 4 is 0 Å². The monoisotopic (exact) mass is 137 g/mol. The number of rotatable bonds is 0. The van der Waals surface area contributed by atoms with Crippen LogP contribution in [0.4, 0.5) is 0 Å². The molecule has 0 aromatic rings. The molecule has 1 saturated heterocycles. The third-order valence-electron chi connectivity index (χ3n) is 4.03. The van der Waals surface area contributed by atoms with Crippen molar-refractivity contribution in [1.82, 2.24) is 5.32 Å². The molecule has 10 heavy (non-hydrogen) atoms. The summed E-state index contributed by atoms with van der Waals surface area (Å²) in [5.74, 6) is 4.45. The van der Waals surface area contributed by atoms with Gasteiger partial charge in [0.2, 0.25) is 0 Å². The van der Waals surface area contributed by atoms with Crippen molar-refractivity contribution in [2.24, 2.45) is 23.7 Å². The maximum absolute atomic E-state index is 3.53. The summed E-state index contributed by atoms with van der Waals surface area (Å²) < 4.78 is 0. The van der Waals surface area contributed by atoms with Gasteiger partial charge in [-0.1, -0.05) is 0 Å². The van der Waals surface area contributed by atoms with Crippen LogP contribution >= 0.6 is 0 Å². The van der Waals surface area contributed by atoms with Gasteiger partial charge in [0.25, 0.3) is 0 Å². The largest absolute Gasteiger partial charge is 0.316 e. The topological polar surface area (TPSA) is 12.0 Å². The average molecular weight is 137 g/mol. The summed E-state index contributed by atoms with van der Waals surface area (Å²) in [5.41, 5.74) is 0. The van der Waals surface area contributed by atoms with Gasteiger partial charge in [0, 0.05) is 0 Å². The Balaban J connectivity index is 1.92. The molecule has 1 nitrogen and oxygen atoms in total. The van der Waals surface area contributed by atoms with E-state index in [-0.39, 0.29) is 0 Å². The molecule has 3 fully saturated rings. The fraction of sp³-hybridized carbons (Fsp3) is 1.00. The van der Waals surface area contributed by atoms with Gasteiger partial charge in [-0.25, -0.2) is 0 Å². The van der Waals surface area contributed by atoms with Crippen LogP contribution in [0.2, 0.25) is 0 Å². The minimum Gasteiger partial charge on any atom is -0.316 e. The quantitative estimate of drug-likeness (QED) is 0.530. The summed E-state index contributed by atoms with van der Waals surface area (Å²) in [7, 11) is 0. The lowest BCUT2D eigenvalue weighted by molar-refractivity contribution is 0.281. The third kappa shape index (κ3) is 0.531. The van der Waals surface area contributed by atoms with Crippen LogP contribution < -0.4 is 5.32 Å². The highest BCUT2D eigenvalue weighted by molar-refractivity contribution is 5.00. The highest BCUT2D eigenvalue weighted by atomic mass is 14.9. The predicted octanol–water partition coefficient (Wildman–Crippen LogP) is 1.25. The first-order chi connectivity index (χ1) is 4.95. The Labute approximate surface area is 62.2 Å². The van der Waals surface area contributed by atoms with E-state index in [0.29, 0.717) is 0 Å². The second-order valence-electron chi connectivity index (χ2n) is 4.32. The summed E-state index contributed by atoms with van der Waals surface area (Å²) in [6, 6.07) is 0. The van der Waals surface area contributed by atoms with Crippen LogP contribution in [0.1, 0.15) is 19.3 Å². The van der Waals surface area contributed by atoms with Gasteiger partial charge in [0.05, 0.1) is 0 Å². The van der Waals surface area contributed by atoms with Gasteiger partial charge >= 0.3 is 0 Å². The van der Waals surface area contributed by atoms with Gasteiger partial charge in [-0.05, 0) is 56.0 Å². The van der Waals surface area contributed by atoms with Crippen LogP contribution in [0, 0.1) is 23.7 Å². The Morgan fingerprint density at radius 3 is 2.10 bits per heavy atom. The second-order valence-corrected chi connectivity index (χ2v) is 4.32. The summed E-state index contributed by atoms with van der Waals surface area (Å²) >= 11 is 0. The standard InChI is InChI=1S/C9H15N/c1-2-7-3-6(1)8-4-10-5-9(7)8/h6-10H,1-5H2/t6-,7-,8+,9+/m0/s1. The summed E-state index contributed by atoms with van der Waals surface area (Å²) in [5, 5.41) is 3.53. The molecule has 4 atom stereocenters.